The monoisotopic (exact) mass is 512 g/mol. The predicted molar refractivity (Wildman–Crippen MR) is 144 cm³/mol. The first kappa shape index (κ1) is 26.8. The lowest BCUT2D eigenvalue weighted by Crippen LogP contribution is -2.40. The zero-order valence-corrected chi connectivity index (χ0v) is 22.6. The van der Waals surface area contributed by atoms with Crippen LogP contribution >= 0.6 is 11.9 Å². The van der Waals surface area contributed by atoms with Crippen LogP contribution in [0.1, 0.15) is 55.8 Å². The second-order valence-corrected chi connectivity index (χ2v) is 11.5. The summed E-state index contributed by atoms with van der Waals surface area (Å²) in [5, 5.41) is 11.7. The van der Waals surface area contributed by atoms with E-state index in [0.29, 0.717) is 24.5 Å². The molecule has 2 aliphatic rings. The van der Waals surface area contributed by atoms with Crippen molar-refractivity contribution in [2.24, 2.45) is 18.9 Å². The van der Waals surface area contributed by atoms with Gasteiger partial charge >= 0.3 is 0 Å². The molecule has 1 aliphatic heterocycles. The Bertz CT molecular complexity index is 1020. The molecule has 4 rings (SSSR count). The Morgan fingerprint density at radius 1 is 1.33 bits per heavy atom. The molecule has 1 aromatic carbocycles. The first-order valence-electron chi connectivity index (χ1n) is 13.1. The average molecular weight is 513 g/mol. The highest BCUT2D eigenvalue weighted by Crippen LogP contribution is 2.40. The lowest BCUT2D eigenvalue weighted by atomic mass is 9.92. The Morgan fingerprint density at radius 2 is 2.06 bits per heavy atom. The molecule has 1 aliphatic carbocycles. The summed E-state index contributed by atoms with van der Waals surface area (Å²) in [6, 6.07) is 7.38. The lowest BCUT2D eigenvalue weighted by Gasteiger charge is -2.31. The number of likely N-dealkylation sites (N-methyl/N-ethyl adjacent to an activating group) is 1. The van der Waals surface area contributed by atoms with Gasteiger partial charge in [-0.05, 0) is 86.6 Å². The van der Waals surface area contributed by atoms with Crippen molar-refractivity contribution in [3.63, 3.8) is 0 Å². The minimum absolute atomic E-state index is 0.0313. The first-order valence-corrected chi connectivity index (χ1v) is 13.8. The summed E-state index contributed by atoms with van der Waals surface area (Å²) in [5.41, 5.74) is 0.0314. The van der Waals surface area contributed by atoms with Gasteiger partial charge in [-0.3, -0.25) is 4.79 Å². The van der Waals surface area contributed by atoms with E-state index in [4.69, 9.17) is 4.74 Å². The Labute approximate surface area is 219 Å². The molecular weight excluding hydrogens is 472 g/mol. The molecule has 0 bridgehead atoms. The quantitative estimate of drug-likeness (QED) is 0.365. The van der Waals surface area contributed by atoms with Crippen LogP contribution < -0.4 is 4.74 Å². The van der Waals surface area contributed by atoms with Gasteiger partial charge in [0.2, 0.25) is 0 Å². The van der Waals surface area contributed by atoms with E-state index in [9.17, 15) is 9.90 Å². The summed E-state index contributed by atoms with van der Waals surface area (Å²) >= 11 is 1.73. The number of benzene rings is 1. The first-order chi connectivity index (χ1) is 17.3. The molecular formula is C28H40N4O3S. The van der Waals surface area contributed by atoms with Crippen molar-refractivity contribution in [1.82, 2.24) is 18.8 Å². The minimum Gasteiger partial charge on any atom is -0.493 e. The molecule has 36 heavy (non-hydrogen) atoms. The van der Waals surface area contributed by atoms with Gasteiger partial charge in [0.05, 0.1) is 24.6 Å². The summed E-state index contributed by atoms with van der Waals surface area (Å²) in [7, 11) is 3.82. The minimum atomic E-state index is -0.608. The van der Waals surface area contributed by atoms with E-state index in [1.54, 1.807) is 16.8 Å². The van der Waals surface area contributed by atoms with Crippen LogP contribution in [0.5, 0.6) is 5.75 Å². The molecule has 1 amide bonds. The van der Waals surface area contributed by atoms with Gasteiger partial charge < -0.3 is 19.3 Å². The van der Waals surface area contributed by atoms with Crippen LogP contribution in [0.2, 0.25) is 0 Å². The van der Waals surface area contributed by atoms with Crippen LogP contribution in [-0.2, 0) is 7.05 Å². The number of rotatable bonds is 10. The SMILES string of the molecule is C=CC(C1CCC(O)(CC)C1)N(C)C(=O)c1ccc(OCC2CCN(Sc3cn(C)cn3)CC2)cc1. The average Bonchev–Trinajstić information content (AvgIpc) is 3.49. The van der Waals surface area contributed by atoms with Gasteiger partial charge in [0.25, 0.3) is 5.91 Å². The number of hydrogen-bond donors (Lipinski definition) is 1. The van der Waals surface area contributed by atoms with Crippen molar-refractivity contribution < 1.29 is 14.6 Å². The maximum atomic E-state index is 13.2. The highest BCUT2D eigenvalue weighted by Gasteiger charge is 2.40. The molecule has 3 unspecified atom stereocenters. The number of amides is 1. The fraction of sp³-hybridized carbons (Fsp3) is 0.571. The number of imidazole rings is 1. The van der Waals surface area contributed by atoms with Crippen molar-refractivity contribution in [3.05, 3.63) is 55.0 Å². The summed E-state index contributed by atoms with van der Waals surface area (Å²) in [4.78, 5) is 19.3. The van der Waals surface area contributed by atoms with Gasteiger partial charge in [-0.2, -0.15) is 0 Å². The van der Waals surface area contributed by atoms with Gasteiger partial charge in [-0.1, -0.05) is 13.0 Å². The highest BCUT2D eigenvalue weighted by atomic mass is 32.2. The van der Waals surface area contributed by atoms with Gasteiger partial charge in [0.1, 0.15) is 10.8 Å². The third-order valence-electron chi connectivity index (χ3n) is 7.84. The predicted octanol–water partition coefficient (Wildman–Crippen LogP) is 4.79. The zero-order valence-electron chi connectivity index (χ0n) is 21.8. The van der Waals surface area contributed by atoms with Crippen molar-refractivity contribution >= 4 is 17.9 Å². The molecule has 7 nitrogen and oxygen atoms in total. The zero-order chi connectivity index (χ0) is 25.7. The molecule has 0 radical (unpaired) electrons. The number of piperidine rings is 1. The standard InChI is InChI=1S/C28H40N4O3S/c1-5-25(23-11-14-28(34,6-2)17-23)31(4)27(33)22-7-9-24(10-8-22)35-19-21-12-15-32(16-13-21)36-26-18-30(3)20-29-26/h5,7-10,18,20-21,23,25,34H,1,6,11-17,19H2,2-4H3. The third kappa shape index (κ3) is 6.52. The van der Waals surface area contributed by atoms with Crippen molar-refractivity contribution in [3.8, 4) is 5.75 Å². The Balaban J connectivity index is 1.24. The van der Waals surface area contributed by atoms with E-state index in [2.05, 4.69) is 15.9 Å². The van der Waals surface area contributed by atoms with Gasteiger partial charge in [0.15, 0.2) is 0 Å². The number of aryl methyl sites for hydroxylation is 1. The maximum Gasteiger partial charge on any atom is 0.254 e. The Hall–Kier alpha value is -2.29. The Morgan fingerprint density at radius 3 is 2.64 bits per heavy atom. The summed E-state index contributed by atoms with van der Waals surface area (Å²) in [6.07, 6.45) is 11.1. The molecule has 1 saturated carbocycles. The number of nitrogens with zero attached hydrogens (tertiary/aromatic N) is 4. The van der Waals surface area contributed by atoms with E-state index in [1.807, 2.05) is 68.5 Å². The van der Waals surface area contributed by atoms with Gasteiger partial charge in [-0.25, -0.2) is 9.29 Å². The summed E-state index contributed by atoms with van der Waals surface area (Å²) < 4.78 is 10.4. The number of aromatic nitrogens is 2. The molecule has 196 valence electrons. The van der Waals surface area contributed by atoms with Crippen molar-refractivity contribution in [2.45, 2.75) is 62.1 Å². The van der Waals surface area contributed by atoms with E-state index in [-0.39, 0.29) is 17.9 Å². The highest BCUT2D eigenvalue weighted by molar-refractivity contribution is 7.97. The summed E-state index contributed by atoms with van der Waals surface area (Å²) in [6.45, 7) is 8.74. The second kappa shape index (κ2) is 11.8. The van der Waals surface area contributed by atoms with E-state index < -0.39 is 5.60 Å². The lowest BCUT2D eigenvalue weighted by molar-refractivity contribution is 0.0346. The fourth-order valence-electron chi connectivity index (χ4n) is 5.41. The molecule has 8 heteroatoms. The van der Waals surface area contributed by atoms with E-state index in [1.165, 1.54) is 0 Å². The number of aliphatic hydroxyl groups is 1. The van der Waals surface area contributed by atoms with Crippen LogP contribution in [0, 0.1) is 11.8 Å². The molecule has 2 fully saturated rings. The van der Waals surface area contributed by atoms with Crippen molar-refractivity contribution in [2.75, 3.05) is 26.7 Å². The van der Waals surface area contributed by atoms with Gasteiger partial charge in [0, 0.05) is 38.9 Å². The molecule has 0 spiro atoms. The van der Waals surface area contributed by atoms with Crippen LogP contribution in [0.15, 0.2) is 54.5 Å². The van der Waals surface area contributed by atoms with Crippen LogP contribution in [-0.4, -0.2) is 68.2 Å². The smallest absolute Gasteiger partial charge is 0.254 e. The van der Waals surface area contributed by atoms with Crippen LogP contribution in [0.25, 0.3) is 0 Å². The van der Waals surface area contributed by atoms with Gasteiger partial charge in [-0.15, -0.1) is 6.58 Å². The van der Waals surface area contributed by atoms with Crippen LogP contribution in [0.3, 0.4) is 0 Å². The molecule has 1 saturated heterocycles. The normalized spacial score (nSPS) is 23.9. The Kier molecular flexibility index (Phi) is 8.80. The second-order valence-electron chi connectivity index (χ2n) is 10.4. The topological polar surface area (TPSA) is 70.8 Å². The molecule has 1 aromatic heterocycles. The molecule has 3 atom stereocenters. The number of carbonyl (C=O) groups excluding carboxylic acids is 1. The number of hydrogen-bond acceptors (Lipinski definition) is 6. The molecule has 2 aromatic rings. The third-order valence-corrected chi connectivity index (χ3v) is 8.86. The largest absolute Gasteiger partial charge is 0.493 e. The van der Waals surface area contributed by atoms with Crippen LogP contribution in [0.4, 0.5) is 0 Å². The summed E-state index contributed by atoms with van der Waals surface area (Å²) in [5.74, 6) is 1.53. The van der Waals surface area contributed by atoms with E-state index in [0.717, 1.165) is 56.0 Å². The number of ether oxygens (including phenoxy) is 1. The number of carbonyl (C=O) groups is 1. The fourth-order valence-corrected chi connectivity index (χ4v) is 6.37. The molecule has 2 heterocycles. The molecule has 1 N–H and O–H groups in total. The maximum absolute atomic E-state index is 13.2. The van der Waals surface area contributed by atoms with Crippen molar-refractivity contribution in [1.29, 1.82) is 0 Å². The van der Waals surface area contributed by atoms with E-state index >= 15 is 0 Å².